The van der Waals surface area contributed by atoms with E-state index in [1.165, 1.54) is 24.3 Å². The van der Waals surface area contributed by atoms with Crippen LogP contribution in [0.25, 0.3) is 11.1 Å². The van der Waals surface area contributed by atoms with Crippen molar-refractivity contribution in [1.29, 1.82) is 0 Å². The lowest BCUT2D eigenvalue weighted by molar-refractivity contribution is 0.0695. The average molecular weight is 279 g/mol. The van der Waals surface area contributed by atoms with Crippen molar-refractivity contribution in [2.45, 2.75) is 13.3 Å². The van der Waals surface area contributed by atoms with Crippen molar-refractivity contribution >= 4 is 5.97 Å². The Morgan fingerprint density at radius 3 is 2.65 bits per heavy atom. The molecule has 0 amide bonds. The summed E-state index contributed by atoms with van der Waals surface area (Å²) in [7, 11) is 0. The Balaban J connectivity index is 2.69. The van der Waals surface area contributed by atoms with Gasteiger partial charge in [0.2, 0.25) is 5.43 Å². The maximum absolute atomic E-state index is 12.7. The number of hydrogen-bond acceptors (Lipinski definition) is 2. The Bertz CT molecular complexity index is 723. The summed E-state index contributed by atoms with van der Waals surface area (Å²) in [6.07, 6.45) is -1.56. The van der Waals surface area contributed by atoms with Gasteiger partial charge in [0.05, 0.1) is 0 Å². The number of halogens is 2. The number of aryl methyl sites for hydroxylation is 1. The summed E-state index contributed by atoms with van der Waals surface area (Å²) in [5, 5.41) is 8.93. The zero-order valence-electron chi connectivity index (χ0n) is 10.5. The number of carboxylic acids is 1. The number of aromatic amines is 1. The zero-order valence-corrected chi connectivity index (χ0v) is 10.5. The molecule has 20 heavy (non-hydrogen) atoms. The van der Waals surface area contributed by atoms with E-state index in [9.17, 15) is 18.4 Å². The molecule has 4 nitrogen and oxygen atoms in total. The van der Waals surface area contributed by atoms with Gasteiger partial charge in [0.25, 0.3) is 6.43 Å². The van der Waals surface area contributed by atoms with Gasteiger partial charge in [-0.2, -0.15) is 0 Å². The van der Waals surface area contributed by atoms with Crippen molar-refractivity contribution in [2.24, 2.45) is 0 Å². The minimum atomic E-state index is -2.66. The first kappa shape index (κ1) is 13.9. The SMILES string of the molecule is Cc1[nH]cc(C(=O)O)c(=O)c1-c1cccc(C(F)F)c1. The first-order valence-electron chi connectivity index (χ1n) is 5.76. The highest BCUT2D eigenvalue weighted by Crippen LogP contribution is 2.25. The Morgan fingerprint density at radius 2 is 2.05 bits per heavy atom. The monoisotopic (exact) mass is 279 g/mol. The van der Waals surface area contributed by atoms with Crippen LogP contribution in [-0.2, 0) is 0 Å². The van der Waals surface area contributed by atoms with E-state index in [-0.39, 0.29) is 16.7 Å². The van der Waals surface area contributed by atoms with Crippen LogP contribution in [0.15, 0.2) is 35.3 Å². The number of aromatic nitrogens is 1. The molecule has 0 fully saturated rings. The van der Waals surface area contributed by atoms with Crippen LogP contribution in [0, 0.1) is 6.92 Å². The molecule has 0 aliphatic rings. The summed E-state index contributed by atoms with van der Waals surface area (Å²) in [4.78, 5) is 25.7. The second kappa shape index (κ2) is 5.24. The standard InChI is InChI=1S/C14H11F2NO3/c1-7-11(12(18)10(6-17-7)14(19)20)8-3-2-4-9(5-8)13(15)16/h2-6,13H,1H3,(H,17,18)(H,19,20). The van der Waals surface area contributed by atoms with E-state index in [0.29, 0.717) is 5.69 Å². The first-order valence-corrected chi connectivity index (χ1v) is 5.76. The highest BCUT2D eigenvalue weighted by Gasteiger charge is 2.17. The number of pyridine rings is 1. The van der Waals surface area contributed by atoms with E-state index in [0.717, 1.165) is 6.20 Å². The summed E-state index contributed by atoms with van der Waals surface area (Å²) in [6, 6.07) is 5.34. The van der Waals surface area contributed by atoms with Crippen LogP contribution in [0.4, 0.5) is 8.78 Å². The maximum atomic E-state index is 12.7. The van der Waals surface area contributed by atoms with Crippen molar-refractivity contribution in [3.8, 4) is 11.1 Å². The van der Waals surface area contributed by atoms with Gasteiger partial charge in [-0.3, -0.25) is 4.79 Å². The molecule has 0 bridgehead atoms. The van der Waals surface area contributed by atoms with E-state index in [2.05, 4.69) is 4.98 Å². The average Bonchev–Trinajstić information content (AvgIpc) is 2.38. The van der Waals surface area contributed by atoms with Crippen molar-refractivity contribution in [3.63, 3.8) is 0 Å². The third kappa shape index (κ3) is 2.45. The molecule has 0 saturated carbocycles. The van der Waals surface area contributed by atoms with Gasteiger partial charge in [0, 0.05) is 23.0 Å². The quantitative estimate of drug-likeness (QED) is 0.907. The fourth-order valence-electron chi connectivity index (χ4n) is 1.96. The van der Waals surface area contributed by atoms with Gasteiger partial charge >= 0.3 is 5.97 Å². The molecule has 0 unspecified atom stereocenters. The third-order valence-electron chi connectivity index (χ3n) is 2.94. The van der Waals surface area contributed by atoms with Gasteiger partial charge in [-0.1, -0.05) is 18.2 Å². The third-order valence-corrected chi connectivity index (χ3v) is 2.94. The van der Waals surface area contributed by atoms with Gasteiger partial charge in [-0.15, -0.1) is 0 Å². The van der Waals surface area contributed by atoms with Gasteiger partial charge in [-0.25, -0.2) is 13.6 Å². The Labute approximate surface area is 112 Å². The van der Waals surface area contributed by atoms with Gasteiger partial charge in [0.1, 0.15) is 5.56 Å². The lowest BCUT2D eigenvalue weighted by Gasteiger charge is -2.08. The van der Waals surface area contributed by atoms with E-state index in [4.69, 9.17) is 5.11 Å². The molecule has 2 rings (SSSR count). The molecular formula is C14H11F2NO3. The molecule has 0 saturated heterocycles. The summed E-state index contributed by atoms with van der Waals surface area (Å²) in [5.41, 5.74) is -0.557. The second-order valence-corrected chi connectivity index (χ2v) is 4.26. The molecule has 0 aliphatic heterocycles. The second-order valence-electron chi connectivity index (χ2n) is 4.26. The first-order chi connectivity index (χ1) is 9.41. The van der Waals surface area contributed by atoms with Crippen LogP contribution >= 0.6 is 0 Å². The normalized spacial score (nSPS) is 10.8. The Morgan fingerprint density at radius 1 is 1.35 bits per heavy atom. The number of carboxylic acid groups (broad SMARTS) is 1. The minimum absolute atomic E-state index is 0.0902. The fourth-order valence-corrected chi connectivity index (χ4v) is 1.96. The number of H-pyrrole nitrogens is 1. The highest BCUT2D eigenvalue weighted by atomic mass is 19.3. The van der Waals surface area contributed by atoms with Crippen LogP contribution in [0.1, 0.15) is 28.0 Å². The largest absolute Gasteiger partial charge is 0.477 e. The Hall–Kier alpha value is -2.50. The van der Waals surface area contributed by atoms with Gasteiger partial charge < -0.3 is 10.1 Å². The lowest BCUT2D eigenvalue weighted by Crippen LogP contribution is -2.18. The number of nitrogens with one attached hydrogen (secondary N) is 1. The molecule has 0 spiro atoms. The molecule has 1 aromatic heterocycles. The Kier molecular flexibility index (Phi) is 3.65. The van der Waals surface area contributed by atoms with Crippen LogP contribution in [0.2, 0.25) is 0 Å². The number of aromatic carboxylic acids is 1. The van der Waals surface area contributed by atoms with E-state index in [1.54, 1.807) is 6.92 Å². The minimum Gasteiger partial charge on any atom is -0.477 e. The summed E-state index contributed by atoms with van der Waals surface area (Å²) < 4.78 is 25.4. The van der Waals surface area contributed by atoms with Crippen molar-refractivity contribution in [1.82, 2.24) is 4.98 Å². The van der Waals surface area contributed by atoms with E-state index < -0.39 is 23.4 Å². The zero-order chi connectivity index (χ0) is 14.9. The number of carbonyl (C=O) groups is 1. The van der Waals surface area contributed by atoms with E-state index in [1.807, 2.05) is 0 Å². The number of rotatable bonds is 3. The van der Waals surface area contributed by atoms with Crippen LogP contribution in [-0.4, -0.2) is 16.1 Å². The van der Waals surface area contributed by atoms with Crippen molar-refractivity contribution in [2.75, 3.05) is 0 Å². The summed E-state index contributed by atoms with van der Waals surface area (Å²) >= 11 is 0. The smallest absolute Gasteiger partial charge is 0.341 e. The predicted octanol–water partition coefficient (Wildman–Crippen LogP) is 2.99. The molecule has 2 aromatic rings. The predicted molar refractivity (Wildman–Crippen MR) is 69.2 cm³/mol. The van der Waals surface area contributed by atoms with E-state index >= 15 is 0 Å². The maximum Gasteiger partial charge on any atom is 0.341 e. The van der Waals surface area contributed by atoms with Gasteiger partial charge in [-0.05, 0) is 18.6 Å². The van der Waals surface area contributed by atoms with Crippen LogP contribution < -0.4 is 5.43 Å². The molecule has 2 N–H and O–H groups in total. The molecular weight excluding hydrogens is 268 g/mol. The van der Waals surface area contributed by atoms with Crippen molar-refractivity contribution in [3.05, 3.63) is 57.5 Å². The van der Waals surface area contributed by atoms with Crippen molar-refractivity contribution < 1.29 is 18.7 Å². The molecule has 6 heteroatoms. The molecule has 0 atom stereocenters. The van der Waals surface area contributed by atoms with Crippen LogP contribution in [0.5, 0.6) is 0 Å². The summed E-state index contributed by atoms with van der Waals surface area (Å²) in [6.45, 7) is 1.58. The summed E-state index contributed by atoms with van der Waals surface area (Å²) in [5.74, 6) is -1.36. The number of alkyl halides is 2. The number of benzene rings is 1. The molecule has 0 aliphatic carbocycles. The van der Waals surface area contributed by atoms with Crippen LogP contribution in [0.3, 0.4) is 0 Å². The molecule has 0 radical (unpaired) electrons. The molecule has 1 heterocycles. The molecule has 1 aromatic carbocycles. The topological polar surface area (TPSA) is 70.2 Å². The fraction of sp³-hybridized carbons (Fsp3) is 0.143. The lowest BCUT2D eigenvalue weighted by atomic mass is 10.00. The number of hydrogen-bond donors (Lipinski definition) is 2. The highest BCUT2D eigenvalue weighted by molar-refractivity contribution is 5.89. The van der Waals surface area contributed by atoms with Gasteiger partial charge in [0.15, 0.2) is 0 Å². The molecule has 104 valence electrons.